The molecule has 2 rings (SSSR count). The molecule has 1 aromatic heterocycles. The minimum atomic E-state index is -4.78. The molecular weight excluding hydrogens is 291 g/mol. The minimum absolute atomic E-state index is 0.352. The van der Waals surface area contributed by atoms with Crippen molar-refractivity contribution >= 4 is 5.97 Å². The van der Waals surface area contributed by atoms with E-state index in [1.165, 1.54) is 18.3 Å². The van der Waals surface area contributed by atoms with Crippen LogP contribution in [0.5, 0.6) is 5.75 Å². The van der Waals surface area contributed by atoms with Crippen LogP contribution in [0.25, 0.3) is 11.1 Å². The number of carbonyl (C=O) groups is 1. The van der Waals surface area contributed by atoms with Crippen LogP contribution >= 0.6 is 0 Å². The number of hydrogen-bond acceptors (Lipinski definition) is 3. The molecule has 0 unspecified atom stereocenters. The Hall–Kier alpha value is -2.77. The minimum Gasteiger partial charge on any atom is -0.477 e. The van der Waals surface area contributed by atoms with Crippen LogP contribution in [0, 0.1) is 0 Å². The van der Waals surface area contributed by atoms with Gasteiger partial charge in [-0.2, -0.15) is 0 Å². The van der Waals surface area contributed by atoms with Gasteiger partial charge in [0.2, 0.25) is 0 Å². The maximum absolute atomic E-state index is 12.0. The number of ether oxygens (including phenoxy) is 1. The zero-order chi connectivity index (χ0) is 15.6. The van der Waals surface area contributed by atoms with E-state index < -0.39 is 29.2 Å². The van der Waals surface area contributed by atoms with E-state index in [0.717, 1.165) is 18.2 Å². The van der Waals surface area contributed by atoms with Gasteiger partial charge in [0.1, 0.15) is 11.3 Å². The van der Waals surface area contributed by atoms with Crippen molar-refractivity contribution in [1.29, 1.82) is 0 Å². The largest absolute Gasteiger partial charge is 0.573 e. The molecular formula is C13H8F3NO4. The summed E-state index contributed by atoms with van der Waals surface area (Å²) in [5, 5.41) is 8.84. The van der Waals surface area contributed by atoms with Gasteiger partial charge < -0.3 is 14.8 Å². The van der Waals surface area contributed by atoms with Crippen molar-refractivity contribution in [2.24, 2.45) is 0 Å². The topological polar surface area (TPSA) is 79.4 Å². The number of carboxylic acid groups (broad SMARTS) is 1. The predicted octanol–water partition coefficient (Wildman–Crippen LogP) is 2.64. The maximum atomic E-state index is 12.0. The number of pyridine rings is 1. The van der Waals surface area contributed by atoms with Gasteiger partial charge in [0.25, 0.3) is 5.56 Å². The van der Waals surface area contributed by atoms with Crippen molar-refractivity contribution in [1.82, 2.24) is 4.98 Å². The lowest BCUT2D eigenvalue weighted by Gasteiger charge is -2.09. The normalized spacial score (nSPS) is 11.2. The molecule has 0 spiro atoms. The Morgan fingerprint density at radius 3 is 2.29 bits per heavy atom. The fourth-order valence-electron chi connectivity index (χ4n) is 1.66. The fourth-order valence-corrected chi connectivity index (χ4v) is 1.66. The number of benzene rings is 1. The lowest BCUT2D eigenvalue weighted by atomic mass is 10.1. The zero-order valence-corrected chi connectivity index (χ0v) is 10.3. The van der Waals surface area contributed by atoms with Gasteiger partial charge in [-0.15, -0.1) is 13.2 Å². The molecule has 0 atom stereocenters. The van der Waals surface area contributed by atoms with E-state index in [1.54, 1.807) is 0 Å². The summed E-state index contributed by atoms with van der Waals surface area (Å²) in [7, 11) is 0. The number of hydrogen-bond donors (Lipinski definition) is 2. The number of halogens is 3. The van der Waals surface area contributed by atoms with Gasteiger partial charge in [0.05, 0.1) is 0 Å². The molecule has 21 heavy (non-hydrogen) atoms. The molecule has 2 N–H and O–H groups in total. The monoisotopic (exact) mass is 299 g/mol. The van der Waals surface area contributed by atoms with E-state index >= 15 is 0 Å². The van der Waals surface area contributed by atoms with Gasteiger partial charge >= 0.3 is 12.3 Å². The number of rotatable bonds is 3. The Kier molecular flexibility index (Phi) is 3.70. The van der Waals surface area contributed by atoms with Crippen LogP contribution in [0.2, 0.25) is 0 Å². The summed E-state index contributed by atoms with van der Waals surface area (Å²) in [6.07, 6.45) is -3.51. The van der Waals surface area contributed by atoms with Crippen LogP contribution in [0.4, 0.5) is 13.2 Å². The van der Waals surface area contributed by atoms with Crippen LogP contribution in [-0.2, 0) is 0 Å². The van der Waals surface area contributed by atoms with Gasteiger partial charge in [-0.1, -0.05) is 12.1 Å². The highest BCUT2D eigenvalue weighted by atomic mass is 19.4. The SMILES string of the molecule is O=C(O)c1cc(-c2ccc(OC(F)(F)F)cc2)c[nH]c1=O. The average Bonchev–Trinajstić information content (AvgIpc) is 2.38. The first-order valence-electron chi connectivity index (χ1n) is 5.58. The smallest absolute Gasteiger partial charge is 0.477 e. The molecule has 0 bridgehead atoms. The fraction of sp³-hybridized carbons (Fsp3) is 0.0769. The molecule has 0 radical (unpaired) electrons. The van der Waals surface area contributed by atoms with E-state index in [2.05, 4.69) is 9.72 Å². The van der Waals surface area contributed by atoms with Crippen LogP contribution in [0.15, 0.2) is 41.3 Å². The summed E-state index contributed by atoms with van der Waals surface area (Å²) in [6, 6.07) is 5.96. The third kappa shape index (κ3) is 3.62. The second-order valence-electron chi connectivity index (χ2n) is 4.01. The molecule has 0 saturated heterocycles. The van der Waals surface area contributed by atoms with Crippen LogP contribution in [0.1, 0.15) is 10.4 Å². The summed E-state index contributed by atoms with van der Waals surface area (Å²) >= 11 is 0. The van der Waals surface area contributed by atoms with Crippen molar-refractivity contribution in [2.75, 3.05) is 0 Å². The molecule has 5 nitrogen and oxygen atoms in total. The third-order valence-corrected chi connectivity index (χ3v) is 2.55. The molecule has 0 amide bonds. The number of aromatic amines is 1. The number of aromatic nitrogens is 1. The van der Waals surface area contributed by atoms with Crippen molar-refractivity contribution in [3.05, 3.63) is 52.4 Å². The number of alkyl halides is 3. The molecule has 0 aliphatic carbocycles. The van der Waals surface area contributed by atoms with E-state index in [0.29, 0.717) is 11.1 Å². The Labute approximate surface area is 115 Å². The summed E-state index contributed by atoms with van der Waals surface area (Å²) in [5.74, 6) is -1.79. The highest BCUT2D eigenvalue weighted by Crippen LogP contribution is 2.26. The Morgan fingerprint density at radius 2 is 1.76 bits per heavy atom. The third-order valence-electron chi connectivity index (χ3n) is 2.55. The number of aromatic carboxylic acids is 1. The van der Waals surface area contributed by atoms with Crippen molar-refractivity contribution in [3.8, 4) is 16.9 Å². The van der Waals surface area contributed by atoms with E-state index in [9.17, 15) is 22.8 Å². The zero-order valence-electron chi connectivity index (χ0n) is 10.3. The molecule has 0 aliphatic heterocycles. The summed E-state index contributed by atoms with van der Waals surface area (Å²) < 4.78 is 39.8. The van der Waals surface area contributed by atoms with Gasteiger partial charge in [0.15, 0.2) is 0 Å². The van der Waals surface area contributed by atoms with Gasteiger partial charge in [-0.3, -0.25) is 4.79 Å². The lowest BCUT2D eigenvalue weighted by molar-refractivity contribution is -0.274. The summed E-state index contributed by atoms with van der Waals surface area (Å²) in [5.41, 5.74) is -0.430. The Balaban J connectivity index is 2.33. The van der Waals surface area contributed by atoms with Gasteiger partial charge in [-0.25, -0.2) is 4.79 Å². The molecule has 0 aliphatic rings. The molecule has 8 heteroatoms. The predicted molar refractivity (Wildman–Crippen MR) is 66.1 cm³/mol. The standard InChI is InChI=1S/C13H8F3NO4/c14-13(15,16)21-9-3-1-7(2-4-9)8-5-10(12(19)20)11(18)17-6-8/h1-6H,(H,17,18)(H,19,20). The molecule has 110 valence electrons. The summed E-state index contributed by atoms with van der Waals surface area (Å²) in [4.78, 5) is 24.4. The average molecular weight is 299 g/mol. The van der Waals surface area contributed by atoms with Gasteiger partial charge in [0, 0.05) is 6.20 Å². The lowest BCUT2D eigenvalue weighted by Crippen LogP contribution is -2.17. The first kappa shape index (κ1) is 14.6. The molecule has 1 heterocycles. The quantitative estimate of drug-likeness (QED) is 0.913. The van der Waals surface area contributed by atoms with Crippen molar-refractivity contribution < 1.29 is 27.8 Å². The number of nitrogens with one attached hydrogen (secondary N) is 1. The molecule has 0 saturated carbocycles. The first-order chi connectivity index (χ1) is 9.76. The van der Waals surface area contributed by atoms with E-state index in [4.69, 9.17) is 5.11 Å². The summed E-state index contributed by atoms with van der Waals surface area (Å²) in [6.45, 7) is 0. The maximum Gasteiger partial charge on any atom is 0.573 e. The van der Waals surface area contributed by atoms with E-state index in [-0.39, 0.29) is 0 Å². The molecule has 0 fully saturated rings. The molecule has 1 aromatic carbocycles. The molecule has 2 aromatic rings. The Morgan fingerprint density at radius 1 is 1.14 bits per heavy atom. The van der Waals surface area contributed by atoms with Gasteiger partial charge in [-0.05, 0) is 29.3 Å². The van der Waals surface area contributed by atoms with Crippen LogP contribution in [-0.4, -0.2) is 22.4 Å². The van der Waals surface area contributed by atoms with Crippen LogP contribution < -0.4 is 10.3 Å². The van der Waals surface area contributed by atoms with Crippen molar-refractivity contribution in [2.45, 2.75) is 6.36 Å². The van der Waals surface area contributed by atoms with E-state index in [1.807, 2.05) is 0 Å². The first-order valence-corrected chi connectivity index (χ1v) is 5.58. The van der Waals surface area contributed by atoms with Crippen molar-refractivity contribution in [3.63, 3.8) is 0 Å². The highest BCUT2D eigenvalue weighted by Gasteiger charge is 2.30. The van der Waals surface area contributed by atoms with Crippen LogP contribution in [0.3, 0.4) is 0 Å². The second kappa shape index (κ2) is 5.31. The Bertz CT molecular complexity index is 719. The highest BCUT2D eigenvalue weighted by molar-refractivity contribution is 5.88. The number of H-pyrrole nitrogens is 1. The second-order valence-corrected chi connectivity index (χ2v) is 4.01. The number of carboxylic acids is 1.